The summed E-state index contributed by atoms with van der Waals surface area (Å²) in [5.41, 5.74) is 0.442. The predicted octanol–water partition coefficient (Wildman–Crippen LogP) is 2.26. The van der Waals surface area contributed by atoms with Gasteiger partial charge in [-0.2, -0.15) is 13.2 Å². The van der Waals surface area contributed by atoms with E-state index in [4.69, 9.17) is 9.57 Å². The maximum absolute atomic E-state index is 13.3. The number of pyridine rings is 1. The molecule has 1 N–H and O–H groups in total. The molecule has 0 atom stereocenters. The number of aromatic nitrogens is 1. The summed E-state index contributed by atoms with van der Waals surface area (Å²) in [5, 5.41) is 3.71. The third-order valence-corrected chi connectivity index (χ3v) is 6.81. The van der Waals surface area contributed by atoms with E-state index in [0.29, 0.717) is 36.3 Å². The van der Waals surface area contributed by atoms with Crippen molar-refractivity contribution in [3.63, 3.8) is 0 Å². The lowest BCUT2D eigenvalue weighted by Crippen LogP contribution is -2.51. The molecule has 1 aromatic rings. The molecule has 0 unspecified atom stereocenters. The SMILES string of the molecule is CO[n+]1cc(C(F)(F)F)cc2c1CCN(C(=O)C1CCC(NC3CCOCC3)CC1)C2. The Hall–Kier alpha value is -1.87. The number of amides is 1. The van der Waals surface area contributed by atoms with Gasteiger partial charge in [-0.15, -0.1) is 0 Å². The quantitative estimate of drug-likeness (QED) is 0.727. The number of carbonyl (C=O) groups is 1. The van der Waals surface area contributed by atoms with Crippen LogP contribution in [0.25, 0.3) is 0 Å². The number of hydrogen-bond acceptors (Lipinski definition) is 4. The molecule has 2 fully saturated rings. The first-order valence-corrected chi connectivity index (χ1v) is 11.2. The number of nitrogens with one attached hydrogen (secondary N) is 1. The average Bonchev–Trinajstić information content (AvgIpc) is 2.78. The minimum Gasteiger partial charge on any atom is -0.381 e. The van der Waals surface area contributed by atoms with Crippen LogP contribution in [0.1, 0.15) is 55.3 Å². The molecule has 9 heteroatoms. The molecule has 6 nitrogen and oxygen atoms in total. The highest BCUT2D eigenvalue weighted by atomic mass is 19.4. The monoisotopic (exact) mass is 442 g/mol. The zero-order valence-corrected chi connectivity index (χ0v) is 17.9. The van der Waals surface area contributed by atoms with E-state index in [2.05, 4.69) is 5.32 Å². The molecule has 3 heterocycles. The van der Waals surface area contributed by atoms with E-state index < -0.39 is 11.7 Å². The van der Waals surface area contributed by atoms with Crippen molar-refractivity contribution in [2.24, 2.45) is 5.92 Å². The van der Waals surface area contributed by atoms with Crippen LogP contribution in [0.4, 0.5) is 13.2 Å². The summed E-state index contributed by atoms with van der Waals surface area (Å²) in [7, 11) is 1.35. The molecule has 2 aliphatic heterocycles. The molecule has 1 amide bonds. The molecule has 0 spiro atoms. The number of alkyl halides is 3. The normalized spacial score (nSPS) is 25.2. The van der Waals surface area contributed by atoms with E-state index in [0.717, 1.165) is 64.0 Å². The largest absolute Gasteiger partial charge is 0.422 e. The molecule has 0 radical (unpaired) electrons. The van der Waals surface area contributed by atoms with Crippen LogP contribution in [0.5, 0.6) is 0 Å². The Balaban J connectivity index is 1.37. The van der Waals surface area contributed by atoms with Gasteiger partial charge in [-0.3, -0.25) is 9.63 Å². The van der Waals surface area contributed by atoms with Crippen molar-refractivity contribution in [3.8, 4) is 0 Å². The van der Waals surface area contributed by atoms with E-state index in [1.807, 2.05) is 0 Å². The average molecular weight is 443 g/mol. The second-order valence-electron chi connectivity index (χ2n) is 8.82. The summed E-state index contributed by atoms with van der Waals surface area (Å²) in [6, 6.07) is 2.09. The van der Waals surface area contributed by atoms with Crippen molar-refractivity contribution in [2.75, 3.05) is 26.9 Å². The van der Waals surface area contributed by atoms with Gasteiger partial charge in [0.1, 0.15) is 12.7 Å². The number of nitrogens with zero attached hydrogens (tertiary/aromatic N) is 2. The van der Waals surface area contributed by atoms with E-state index in [1.54, 1.807) is 4.90 Å². The first kappa shape index (κ1) is 22.3. The number of fused-ring (bicyclic) bond motifs is 1. The maximum Gasteiger partial charge on any atom is 0.422 e. The molecule has 4 rings (SSSR count). The van der Waals surface area contributed by atoms with Crippen molar-refractivity contribution in [3.05, 3.63) is 29.1 Å². The minimum absolute atomic E-state index is 0.0466. The molecule has 1 saturated carbocycles. The highest BCUT2D eigenvalue weighted by Gasteiger charge is 2.39. The Morgan fingerprint density at radius 3 is 2.48 bits per heavy atom. The minimum atomic E-state index is -4.46. The maximum atomic E-state index is 13.3. The van der Waals surface area contributed by atoms with Gasteiger partial charge in [0.15, 0.2) is 0 Å². The highest BCUT2D eigenvalue weighted by Crippen LogP contribution is 2.32. The first-order chi connectivity index (χ1) is 14.8. The molecule has 3 aliphatic rings. The van der Waals surface area contributed by atoms with Crippen LogP contribution in [-0.2, 0) is 28.7 Å². The van der Waals surface area contributed by atoms with E-state index in [1.165, 1.54) is 11.8 Å². The van der Waals surface area contributed by atoms with E-state index in [-0.39, 0.29) is 18.4 Å². The zero-order valence-electron chi connectivity index (χ0n) is 17.9. The highest BCUT2D eigenvalue weighted by molar-refractivity contribution is 5.79. The molecular weight excluding hydrogens is 411 g/mol. The van der Waals surface area contributed by atoms with Crippen LogP contribution in [-0.4, -0.2) is 49.8 Å². The summed E-state index contributed by atoms with van der Waals surface area (Å²) in [4.78, 5) is 20.0. The van der Waals surface area contributed by atoms with Crippen molar-refractivity contribution >= 4 is 5.91 Å². The lowest BCUT2D eigenvalue weighted by Gasteiger charge is -2.36. The summed E-state index contributed by atoms with van der Waals surface area (Å²) in [6.45, 7) is 2.31. The predicted molar refractivity (Wildman–Crippen MR) is 106 cm³/mol. The Morgan fingerprint density at radius 1 is 1.16 bits per heavy atom. The number of rotatable bonds is 4. The molecule has 1 aliphatic carbocycles. The Kier molecular flexibility index (Phi) is 6.71. The van der Waals surface area contributed by atoms with Crippen molar-refractivity contribution in [1.29, 1.82) is 0 Å². The molecular formula is C22H31F3N3O3+. The molecule has 0 aromatic carbocycles. The smallest absolute Gasteiger partial charge is 0.381 e. The molecule has 1 aromatic heterocycles. The van der Waals surface area contributed by atoms with E-state index >= 15 is 0 Å². The molecule has 31 heavy (non-hydrogen) atoms. The zero-order chi connectivity index (χ0) is 22.0. The van der Waals surface area contributed by atoms with Crippen LogP contribution >= 0.6 is 0 Å². The lowest BCUT2D eigenvalue weighted by atomic mass is 9.84. The summed E-state index contributed by atoms with van der Waals surface area (Å²) in [6.07, 6.45) is 2.63. The standard InChI is InChI=1S/C22H31F3N3O3/c1-30-28-14-17(22(23,24)25)12-16-13-27(9-6-20(16)28)21(29)15-2-4-18(5-3-15)26-19-7-10-31-11-8-19/h12,14-15,18-19,26H,2-11,13H2,1H3/q+1. The summed E-state index contributed by atoms with van der Waals surface area (Å²) >= 11 is 0. The van der Waals surface area contributed by atoms with Gasteiger partial charge >= 0.3 is 6.18 Å². The van der Waals surface area contributed by atoms with E-state index in [9.17, 15) is 18.0 Å². The van der Waals surface area contributed by atoms with Gasteiger partial charge in [-0.25, -0.2) is 0 Å². The topological polar surface area (TPSA) is 54.7 Å². The fraction of sp³-hybridized carbons (Fsp3) is 0.727. The fourth-order valence-corrected chi connectivity index (χ4v) is 5.06. The van der Waals surface area contributed by atoms with Gasteiger partial charge in [-0.1, -0.05) is 0 Å². The fourth-order valence-electron chi connectivity index (χ4n) is 5.06. The second-order valence-corrected chi connectivity index (χ2v) is 8.82. The number of halogens is 3. The third kappa shape index (κ3) is 5.14. The van der Waals surface area contributed by atoms with Crippen molar-refractivity contribution in [1.82, 2.24) is 10.2 Å². The second kappa shape index (κ2) is 9.32. The van der Waals surface area contributed by atoms with Crippen LogP contribution in [0.3, 0.4) is 0 Å². The Morgan fingerprint density at radius 2 is 1.84 bits per heavy atom. The van der Waals surface area contributed by atoms with Gasteiger partial charge < -0.3 is 15.0 Å². The van der Waals surface area contributed by atoms with Crippen molar-refractivity contribution in [2.45, 2.75) is 69.8 Å². The van der Waals surface area contributed by atoms with Gasteiger partial charge in [0.25, 0.3) is 0 Å². The Bertz CT molecular complexity index is 788. The lowest BCUT2D eigenvalue weighted by molar-refractivity contribution is -0.891. The Labute approximate surface area is 180 Å². The number of carbonyl (C=O) groups excluding carboxylic acids is 1. The van der Waals surface area contributed by atoms with Crippen LogP contribution < -0.4 is 14.9 Å². The van der Waals surface area contributed by atoms with Crippen molar-refractivity contribution < 1.29 is 32.3 Å². The molecule has 172 valence electrons. The summed E-state index contributed by atoms with van der Waals surface area (Å²) in [5.74, 6) is 0.0196. The number of hydrogen-bond donors (Lipinski definition) is 1. The first-order valence-electron chi connectivity index (χ1n) is 11.2. The van der Waals surface area contributed by atoms with Gasteiger partial charge in [0.2, 0.25) is 17.8 Å². The van der Waals surface area contributed by atoms with Gasteiger partial charge in [0, 0.05) is 48.1 Å². The van der Waals surface area contributed by atoms with Crippen LogP contribution in [0.15, 0.2) is 12.3 Å². The molecule has 1 saturated heterocycles. The third-order valence-electron chi connectivity index (χ3n) is 6.81. The molecule has 0 bridgehead atoms. The van der Waals surface area contributed by atoms with Gasteiger partial charge in [0.05, 0.1) is 13.0 Å². The summed E-state index contributed by atoms with van der Waals surface area (Å²) < 4.78 is 46.4. The van der Waals surface area contributed by atoms with Gasteiger partial charge in [-0.05, 0) is 44.6 Å². The van der Waals surface area contributed by atoms with Crippen LogP contribution in [0, 0.1) is 5.92 Å². The van der Waals surface area contributed by atoms with Crippen LogP contribution in [0.2, 0.25) is 0 Å². The number of ether oxygens (including phenoxy) is 1.